The molecule has 1 unspecified atom stereocenters. The summed E-state index contributed by atoms with van der Waals surface area (Å²) >= 11 is 0. The molecule has 5 heteroatoms. The number of nitriles is 1. The third kappa shape index (κ3) is 4.62. The Balaban J connectivity index is 2.59. The lowest BCUT2D eigenvalue weighted by Gasteiger charge is -2.13. The van der Waals surface area contributed by atoms with Crippen LogP contribution in [0.2, 0.25) is 0 Å². The van der Waals surface area contributed by atoms with E-state index < -0.39 is 6.10 Å². The molecule has 0 amide bonds. The number of benzene rings is 1. The molecule has 98 valence electrons. The summed E-state index contributed by atoms with van der Waals surface area (Å²) in [4.78, 5) is 0. The lowest BCUT2D eigenvalue weighted by molar-refractivity contribution is 0.107. The van der Waals surface area contributed by atoms with Gasteiger partial charge in [-0.2, -0.15) is 5.26 Å². The smallest absolute Gasteiger partial charge is 0.124 e. The summed E-state index contributed by atoms with van der Waals surface area (Å²) in [7, 11) is 1.53. The molecule has 0 aliphatic heterocycles. The number of ether oxygens (including phenoxy) is 2. The minimum absolute atomic E-state index is 0.172. The molecule has 0 bridgehead atoms. The van der Waals surface area contributed by atoms with Crippen molar-refractivity contribution >= 4 is 0 Å². The highest BCUT2D eigenvalue weighted by Crippen LogP contribution is 2.22. The summed E-state index contributed by atoms with van der Waals surface area (Å²) in [6.07, 6.45) is -0.582. The molecule has 0 heterocycles. The van der Waals surface area contributed by atoms with E-state index in [4.69, 9.17) is 14.7 Å². The fourth-order valence-electron chi connectivity index (χ4n) is 1.40. The number of methoxy groups -OCH3 is 1. The van der Waals surface area contributed by atoms with Crippen molar-refractivity contribution in [2.75, 3.05) is 26.8 Å². The molecule has 5 nitrogen and oxygen atoms in total. The van der Waals surface area contributed by atoms with Crippen LogP contribution in [0.15, 0.2) is 18.2 Å². The average molecular weight is 250 g/mol. The average Bonchev–Trinajstić information content (AvgIpc) is 2.42. The van der Waals surface area contributed by atoms with Crippen LogP contribution < -0.4 is 14.8 Å². The first-order valence-corrected chi connectivity index (χ1v) is 5.80. The van der Waals surface area contributed by atoms with Crippen LogP contribution in [0.1, 0.15) is 12.5 Å². The van der Waals surface area contributed by atoms with Crippen LogP contribution in [0.3, 0.4) is 0 Å². The maximum absolute atomic E-state index is 9.61. The Kier molecular flexibility index (Phi) is 5.98. The summed E-state index contributed by atoms with van der Waals surface area (Å²) < 4.78 is 10.5. The van der Waals surface area contributed by atoms with E-state index in [1.54, 1.807) is 18.2 Å². The van der Waals surface area contributed by atoms with E-state index in [-0.39, 0.29) is 6.61 Å². The van der Waals surface area contributed by atoms with Crippen molar-refractivity contribution < 1.29 is 14.6 Å². The predicted octanol–water partition coefficient (Wildman–Crippen LogP) is 0.916. The zero-order chi connectivity index (χ0) is 13.4. The van der Waals surface area contributed by atoms with Gasteiger partial charge in [0.25, 0.3) is 0 Å². The third-order valence-electron chi connectivity index (χ3n) is 2.32. The van der Waals surface area contributed by atoms with Crippen molar-refractivity contribution in [2.45, 2.75) is 13.0 Å². The van der Waals surface area contributed by atoms with E-state index in [1.807, 2.05) is 13.0 Å². The summed E-state index contributed by atoms with van der Waals surface area (Å²) in [6.45, 7) is 3.42. The van der Waals surface area contributed by atoms with Crippen LogP contribution >= 0.6 is 0 Å². The van der Waals surface area contributed by atoms with E-state index in [9.17, 15) is 5.11 Å². The third-order valence-corrected chi connectivity index (χ3v) is 2.32. The van der Waals surface area contributed by atoms with E-state index in [0.29, 0.717) is 23.6 Å². The molecule has 0 radical (unpaired) electrons. The molecule has 0 aromatic heterocycles. The molecule has 0 aliphatic carbocycles. The van der Waals surface area contributed by atoms with Gasteiger partial charge in [0.15, 0.2) is 0 Å². The molecule has 1 aromatic carbocycles. The molecule has 1 aromatic rings. The lowest BCUT2D eigenvalue weighted by Crippen LogP contribution is -2.31. The summed E-state index contributed by atoms with van der Waals surface area (Å²) in [5.74, 6) is 1.08. The van der Waals surface area contributed by atoms with Crippen molar-refractivity contribution in [3.8, 4) is 17.6 Å². The van der Waals surface area contributed by atoms with Gasteiger partial charge in [0, 0.05) is 12.6 Å². The summed E-state index contributed by atoms with van der Waals surface area (Å²) in [5, 5.41) is 21.5. The summed E-state index contributed by atoms with van der Waals surface area (Å²) in [5.41, 5.74) is 0.463. The molecule has 18 heavy (non-hydrogen) atoms. The monoisotopic (exact) mass is 250 g/mol. The quantitative estimate of drug-likeness (QED) is 0.752. The minimum atomic E-state index is -0.582. The Morgan fingerprint density at radius 1 is 1.39 bits per heavy atom. The second kappa shape index (κ2) is 7.54. The van der Waals surface area contributed by atoms with Gasteiger partial charge in [-0.15, -0.1) is 0 Å². The molecule has 0 fully saturated rings. The number of rotatable bonds is 7. The Labute approximate surface area is 107 Å². The lowest BCUT2D eigenvalue weighted by atomic mass is 10.2. The van der Waals surface area contributed by atoms with E-state index >= 15 is 0 Å². The normalized spacial score (nSPS) is 11.7. The maximum atomic E-state index is 9.61. The molecule has 0 aliphatic rings. The Morgan fingerprint density at radius 3 is 2.72 bits per heavy atom. The van der Waals surface area contributed by atoms with Gasteiger partial charge in [-0.1, -0.05) is 6.92 Å². The molecule has 2 N–H and O–H groups in total. The molecule has 0 saturated carbocycles. The highest BCUT2D eigenvalue weighted by atomic mass is 16.5. The number of aliphatic hydroxyl groups excluding tert-OH is 1. The maximum Gasteiger partial charge on any atom is 0.124 e. The van der Waals surface area contributed by atoms with Gasteiger partial charge < -0.3 is 19.9 Å². The first-order chi connectivity index (χ1) is 8.69. The molecule has 1 rings (SSSR count). The molecular weight excluding hydrogens is 232 g/mol. The van der Waals surface area contributed by atoms with Crippen molar-refractivity contribution in [1.82, 2.24) is 5.32 Å². The predicted molar refractivity (Wildman–Crippen MR) is 67.8 cm³/mol. The highest BCUT2D eigenvalue weighted by Gasteiger charge is 2.06. The number of likely N-dealkylation sites (N-methyl/N-ethyl adjacent to an activating group) is 1. The first-order valence-electron chi connectivity index (χ1n) is 5.80. The van der Waals surface area contributed by atoms with Crippen molar-refractivity contribution in [1.29, 1.82) is 5.26 Å². The second-order valence-corrected chi connectivity index (χ2v) is 3.78. The standard InChI is InChI=1S/C13H18N2O3/c1-3-15-8-11(16)9-18-13-5-10(7-14)4-12(6-13)17-2/h4-6,11,15-16H,3,8-9H2,1-2H3. The summed E-state index contributed by atoms with van der Waals surface area (Å²) in [6, 6.07) is 6.95. The number of nitrogens with zero attached hydrogens (tertiary/aromatic N) is 1. The highest BCUT2D eigenvalue weighted by molar-refractivity contribution is 5.43. The van der Waals surface area contributed by atoms with Gasteiger partial charge in [0.05, 0.1) is 18.7 Å². The Bertz CT molecular complexity index is 415. The SMILES string of the molecule is CCNCC(O)COc1cc(C#N)cc(OC)c1. The largest absolute Gasteiger partial charge is 0.497 e. The molecule has 0 spiro atoms. The van der Waals surface area contributed by atoms with Crippen LogP contribution in [0.4, 0.5) is 0 Å². The zero-order valence-corrected chi connectivity index (χ0v) is 10.6. The van der Waals surface area contributed by atoms with Gasteiger partial charge in [-0.3, -0.25) is 0 Å². The number of aliphatic hydroxyl groups is 1. The van der Waals surface area contributed by atoms with E-state index in [1.165, 1.54) is 7.11 Å². The van der Waals surface area contributed by atoms with E-state index in [2.05, 4.69) is 5.32 Å². The van der Waals surface area contributed by atoms with Gasteiger partial charge in [-0.05, 0) is 18.7 Å². The van der Waals surface area contributed by atoms with Crippen LogP contribution in [0.25, 0.3) is 0 Å². The minimum Gasteiger partial charge on any atom is -0.497 e. The number of hydrogen-bond acceptors (Lipinski definition) is 5. The molecular formula is C13H18N2O3. The first kappa shape index (κ1) is 14.3. The topological polar surface area (TPSA) is 74.5 Å². The Morgan fingerprint density at radius 2 is 2.11 bits per heavy atom. The molecule has 0 saturated heterocycles. The number of hydrogen-bond donors (Lipinski definition) is 2. The van der Waals surface area contributed by atoms with Gasteiger partial charge >= 0.3 is 0 Å². The Hall–Kier alpha value is -1.77. The van der Waals surface area contributed by atoms with E-state index in [0.717, 1.165) is 6.54 Å². The van der Waals surface area contributed by atoms with Crippen LogP contribution in [0.5, 0.6) is 11.5 Å². The fraction of sp³-hybridized carbons (Fsp3) is 0.462. The number of nitrogens with one attached hydrogen (secondary N) is 1. The van der Waals surface area contributed by atoms with Gasteiger partial charge in [0.2, 0.25) is 0 Å². The molecule has 1 atom stereocenters. The van der Waals surface area contributed by atoms with Gasteiger partial charge in [-0.25, -0.2) is 0 Å². The van der Waals surface area contributed by atoms with Crippen LogP contribution in [0, 0.1) is 11.3 Å². The second-order valence-electron chi connectivity index (χ2n) is 3.78. The van der Waals surface area contributed by atoms with Crippen LogP contribution in [-0.2, 0) is 0 Å². The van der Waals surface area contributed by atoms with Gasteiger partial charge in [0.1, 0.15) is 24.2 Å². The van der Waals surface area contributed by atoms with Crippen molar-refractivity contribution in [2.24, 2.45) is 0 Å². The van der Waals surface area contributed by atoms with Crippen LogP contribution in [-0.4, -0.2) is 38.0 Å². The van der Waals surface area contributed by atoms with Crippen molar-refractivity contribution in [3.05, 3.63) is 23.8 Å². The zero-order valence-electron chi connectivity index (χ0n) is 10.6. The van der Waals surface area contributed by atoms with Crippen molar-refractivity contribution in [3.63, 3.8) is 0 Å². The fourth-order valence-corrected chi connectivity index (χ4v) is 1.40.